The van der Waals surface area contributed by atoms with Gasteiger partial charge in [0.25, 0.3) is 5.91 Å². The van der Waals surface area contributed by atoms with E-state index >= 15 is 0 Å². The highest BCUT2D eigenvalue weighted by molar-refractivity contribution is 6.00. The first-order valence-corrected chi connectivity index (χ1v) is 7.68. The van der Waals surface area contributed by atoms with Crippen molar-refractivity contribution in [2.24, 2.45) is 5.41 Å². The molecule has 1 amide bonds. The maximum absolute atomic E-state index is 12.6. The Bertz CT molecular complexity index is 586. The van der Waals surface area contributed by atoms with Crippen LogP contribution in [0.15, 0.2) is 18.2 Å². The summed E-state index contributed by atoms with van der Waals surface area (Å²) in [7, 11) is 0. The largest absolute Gasteiger partial charge is 0.325 e. The Kier molecular flexibility index (Phi) is 4.79. The molecule has 4 nitrogen and oxygen atoms in total. The number of nitrogens with zero attached hydrogens (tertiary/aromatic N) is 1. The van der Waals surface area contributed by atoms with E-state index in [-0.39, 0.29) is 11.3 Å². The molecule has 0 spiro atoms. The zero-order chi connectivity index (χ0) is 16.3. The third-order valence-corrected chi connectivity index (χ3v) is 3.95. The molecule has 0 N–H and O–H groups in total. The van der Waals surface area contributed by atoms with Gasteiger partial charge in [-0.25, -0.2) is 0 Å². The Labute approximate surface area is 131 Å². The van der Waals surface area contributed by atoms with E-state index in [2.05, 4.69) is 26.8 Å². The quantitative estimate of drug-likeness (QED) is 0.759. The predicted molar refractivity (Wildman–Crippen MR) is 84.6 cm³/mol. The van der Waals surface area contributed by atoms with Gasteiger partial charge in [-0.1, -0.05) is 32.9 Å². The highest BCUT2D eigenvalue weighted by Crippen LogP contribution is 2.31. The minimum atomic E-state index is -0.521. The summed E-state index contributed by atoms with van der Waals surface area (Å²) in [5, 5.41) is 0. The highest BCUT2D eigenvalue weighted by atomic mass is 16.2. The van der Waals surface area contributed by atoms with Crippen molar-refractivity contribution < 1.29 is 14.4 Å². The van der Waals surface area contributed by atoms with Crippen LogP contribution in [0, 0.1) is 5.41 Å². The summed E-state index contributed by atoms with van der Waals surface area (Å²) in [4.78, 5) is 36.0. The van der Waals surface area contributed by atoms with Crippen LogP contribution < -0.4 is 0 Å². The standard InChI is InChI=1S/C18H23NO3/c1-18(2,3)10-13-6-4-8-15-16(13)11-19(17(15)22)14(12-21)7-5-9-20/h4,6,8-9,12,14H,5,7,10-11H2,1-3H3. The molecule has 1 aromatic rings. The number of amides is 1. The Morgan fingerprint density at radius 3 is 2.59 bits per heavy atom. The molecule has 1 aliphatic heterocycles. The molecule has 0 aliphatic carbocycles. The average Bonchev–Trinajstić information content (AvgIpc) is 2.77. The molecule has 1 unspecified atom stereocenters. The average molecular weight is 301 g/mol. The van der Waals surface area contributed by atoms with Crippen molar-refractivity contribution in [3.8, 4) is 0 Å². The number of fused-ring (bicyclic) bond motifs is 1. The lowest BCUT2D eigenvalue weighted by molar-refractivity contribution is -0.112. The number of carbonyl (C=O) groups is 3. The van der Waals surface area contributed by atoms with E-state index in [0.717, 1.165) is 24.6 Å². The number of rotatable bonds is 6. The maximum atomic E-state index is 12.6. The van der Waals surface area contributed by atoms with Crippen molar-refractivity contribution in [2.45, 2.75) is 52.6 Å². The van der Waals surface area contributed by atoms with E-state index in [1.54, 1.807) is 4.90 Å². The molecule has 118 valence electrons. The molecule has 0 fully saturated rings. The predicted octanol–water partition coefficient (Wildman–Crippen LogP) is 2.78. The van der Waals surface area contributed by atoms with Crippen molar-refractivity contribution in [1.82, 2.24) is 4.90 Å². The Morgan fingerprint density at radius 1 is 1.27 bits per heavy atom. The van der Waals surface area contributed by atoms with Gasteiger partial charge in [0, 0.05) is 18.5 Å². The summed E-state index contributed by atoms with van der Waals surface area (Å²) in [5.74, 6) is -0.103. The second-order valence-electron chi connectivity index (χ2n) is 7.06. The number of benzene rings is 1. The van der Waals surface area contributed by atoms with E-state index in [9.17, 15) is 14.4 Å². The van der Waals surface area contributed by atoms with Crippen molar-refractivity contribution in [3.05, 3.63) is 34.9 Å². The first-order valence-electron chi connectivity index (χ1n) is 7.68. The Balaban J connectivity index is 2.28. The van der Waals surface area contributed by atoms with Crippen LogP contribution in [0.4, 0.5) is 0 Å². The summed E-state index contributed by atoms with van der Waals surface area (Å²) in [6, 6.07) is 5.27. The van der Waals surface area contributed by atoms with Crippen LogP contribution in [0.25, 0.3) is 0 Å². The maximum Gasteiger partial charge on any atom is 0.255 e. The molecule has 0 radical (unpaired) electrons. The van der Waals surface area contributed by atoms with Gasteiger partial charge in [-0.15, -0.1) is 0 Å². The zero-order valence-corrected chi connectivity index (χ0v) is 13.5. The van der Waals surface area contributed by atoms with E-state index in [0.29, 0.717) is 24.9 Å². The number of aldehydes is 2. The van der Waals surface area contributed by atoms with Gasteiger partial charge in [0.2, 0.25) is 0 Å². The van der Waals surface area contributed by atoms with Crippen molar-refractivity contribution in [1.29, 1.82) is 0 Å². The SMILES string of the molecule is CC(C)(C)Cc1cccc2c1CN(C(C=O)CCC=O)C2=O. The van der Waals surface area contributed by atoms with Crippen LogP contribution in [-0.2, 0) is 22.6 Å². The first-order chi connectivity index (χ1) is 10.4. The van der Waals surface area contributed by atoms with Gasteiger partial charge in [0.1, 0.15) is 12.6 Å². The van der Waals surface area contributed by atoms with Crippen LogP contribution in [0.1, 0.15) is 55.1 Å². The Morgan fingerprint density at radius 2 is 2.00 bits per heavy atom. The molecule has 0 saturated carbocycles. The second kappa shape index (κ2) is 6.42. The van der Waals surface area contributed by atoms with Crippen LogP contribution in [0.3, 0.4) is 0 Å². The number of hydrogen-bond donors (Lipinski definition) is 0. The molecule has 0 aromatic heterocycles. The molecule has 1 aromatic carbocycles. The summed E-state index contributed by atoms with van der Waals surface area (Å²) in [6.07, 6.45) is 3.13. The van der Waals surface area contributed by atoms with Gasteiger partial charge in [0.05, 0.1) is 6.04 Å². The normalized spacial score (nSPS) is 15.6. The van der Waals surface area contributed by atoms with Gasteiger partial charge >= 0.3 is 0 Å². The third kappa shape index (κ3) is 3.43. The van der Waals surface area contributed by atoms with Crippen LogP contribution in [-0.4, -0.2) is 29.4 Å². The van der Waals surface area contributed by atoms with Crippen LogP contribution in [0.2, 0.25) is 0 Å². The number of hydrogen-bond acceptors (Lipinski definition) is 3. The molecular weight excluding hydrogens is 278 g/mol. The number of carbonyl (C=O) groups excluding carboxylic acids is 3. The third-order valence-electron chi connectivity index (χ3n) is 3.95. The fraction of sp³-hybridized carbons (Fsp3) is 0.500. The first kappa shape index (κ1) is 16.4. The zero-order valence-electron chi connectivity index (χ0n) is 13.5. The van der Waals surface area contributed by atoms with Crippen molar-refractivity contribution in [3.63, 3.8) is 0 Å². The fourth-order valence-electron chi connectivity index (χ4n) is 2.96. The molecule has 4 heteroatoms. The van der Waals surface area contributed by atoms with E-state index in [4.69, 9.17) is 0 Å². The lowest BCUT2D eigenvalue weighted by Gasteiger charge is -2.23. The molecule has 22 heavy (non-hydrogen) atoms. The van der Waals surface area contributed by atoms with Crippen LogP contribution >= 0.6 is 0 Å². The molecular formula is C18H23NO3. The van der Waals surface area contributed by atoms with E-state index in [1.807, 2.05) is 12.1 Å². The molecule has 1 aliphatic rings. The molecule has 1 atom stereocenters. The summed E-state index contributed by atoms with van der Waals surface area (Å²) in [5.41, 5.74) is 3.02. The summed E-state index contributed by atoms with van der Waals surface area (Å²) >= 11 is 0. The molecule has 0 saturated heterocycles. The van der Waals surface area contributed by atoms with Gasteiger partial charge in [-0.3, -0.25) is 4.79 Å². The minimum Gasteiger partial charge on any atom is -0.325 e. The molecule has 2 rings (SSSR count). The smallest absolute Gasteiger partial charge is 0.255 e. The topological polar surface area (TPSA) is 54.5 Å². The van der Waals surface area contributed by atoms with E-state index in [1.165, 1.54) is 5.56 Å². The molecule has 0 bridgehead atoms. The lowest BCUT2D eigenvalue weighted by atomic mass is 9.85. The minimum absolute atomic E-state index is 0.103. The lowest BCUT2D eigenvalue weighted by Crippen LogP contribution is -2.36. The van der Waals surface area contributed by atoms with Crippen LogP contribution in [0.5, 0.6) is 0 Å². The van der Waals surface area contributed by atoms with Gasteiger partial charge in [-0.05, 0) is 35.4 Å². The van der Waals surface area contributed by atoms with E-state index < -0.39 is 6.04 Å². The van der Waals surface area contributed by atoms with Gasteiger partial charge in [-0.2, -0.15) is 0 Å². The van der Waals surface area contributed by atoms with Crippen molar-refractivity contribution in [2.75, 3.05) is 0 Å². The van der Waals surface area contributed by atoms with Gasteiger partial charge < -0.3 is 14.5 Å². The van der Waals surface area contributed by atoms with Gasteiger partial charge in [0.15, 0.2) is 0 Å². The summed E-state index contributed by atoms with van der Waals surface area (Å²) in [6.45, 7) is 6.96. The Hall–Kier alpha value is -1.97. The monoisotopic (exact) mass is 301 g/mol. The second-order valence-corrected chi connectivity index (χ2v) is 7.06. The van der Waals surface area contributed by atoms with Crippen molar-refractivity contribution >= 4 is 18.5 Å². The fourth-order valence-corrected chi connectivity index (χ4v) is 2.96. The molecule has 1 heterocycles. The summed E-state index contributed by atoms with van der Waals surface area (Å²) < 4.78 is 0. The highest BCUT2D eigenvalue weighted by Gasteiger charge is 2.34.